The van der Waals surface area contributed by atoms with Gasteiger partial charge in [0.2, 0.25) is 0 Å². The third-order valence-electron chi connectivity index (χ3n) is 4.19. The van der Waals surface area contributed by atoms with Crippen LogP contribution in [0.2, 0.25) is 0 Å². The predicted octanol–water partition coefficient (Wildman–Crippen LogP) is 2.91. The van der Waals surface area contributed by atoms with E-state index in [2.05, 4.69) is 0 Å². The highest BCUT2D eigenvalue weighted by molar-refractivity contribution is 5.97. The van der Waals surface area contributed by atoms with Crippen LogP contribution >= 0.6 is 0 Å². The van der Waals surface area contributed by atoms with Gasteiger partial charge >= 0.3 is 0 Å². The fourth-order valence-corrected chi connectivity index (χ4v) is 2.52. The minimum absolute atomic E-state index is 0.199. The highest BCUT2D eigenvalue weighted by Gasteiger charge is 2.26. The van der Waals surface area contributed by atoms with Crippen molar-refractivity contribution in [3.05, 3.63) is 65.7 Å². The number of carbonyl (C=O) groups excluding carboxylic acids is 1. The van der Waals surface area contributed by atoms with Crippen molar-refractivity contribution < 1.29 is 19.4 Å². The van der Waals surface area contributed by atoms with Crippen LogP contribution in [-0.4, -0.2) is 49.3 Å². The van der Waals surface area contributed by atoms with E-state index < -0.39 is 6.10 Å². The van der Waals surface area contributed by atoms with Gasteiger partial charge in [0.05, 0.1) is 24.3 Å². The molecular formula is C20H25NO4. The number of likely N-dealkylation sites (N-methyl/N-ethyl adjacent to an activating group) is 1. The van der Waals surface area contributed by atoms with E-state index in [-0.39, 0.29) is 11.9 Å². The van der Waals surface area contributed by atoms with Gasteiger partial charge in [-0.05, 0) is 24.6 Å². The summed E-state index contributed by atoms with van der Waals surface area (Å²) < 4.78 is 10.6. The van der Waals surface area contributed by atoms with Crippen LogP contribution in [0.1, 0.15) is 28.9 Å². The summed E-state index contributed by atoms with van der Waals surface area (Å²) in [5, 5.41) is 10.6. The number of aliphatic hydroxyl groups is 1. The van der Waals surface area contributed by atoms with E-state index in [0.717, 1.165) is 5.56 Å². The molecule has 5 heteroatoms. The average molecular weight is 343 g/mol. The number of hydrogen-bond donors (Lipinski definition) is 1. The summed E-state index contributed by atoms with van der Waals surface area (Å²) in [6.45, 7) is 2.64. The summed E-state index contributed by atoms with van der Waals surface area (Å²) in [5.41, 5.74) is 1.24. The molecule has 0 aliphatic carbocycles. The lowest BCUT2D eigenvalue weighted by molar-refractivity contribution is 0.0482. The Labute approximate surface area is 148 Å². The monoisotopic (exact) mass is 343 g/mol. The SMILES string of the molecule is COCCOc1ccccc1C(=O)N(C)C(C)C(O)c1ccccc1. The molecule has 2 atom stereocenters. The third-order valence-corrected chi connectivity index (χ3v) is 4.19. The van der Waals surface area contributed by atoms with Crippen LogP contribution in [0.5, 0.6) is 5.75 Å². The highest BCUT2D eigenvalue weighted by Crippen LogP contribution is 2.24. The number of methoxy groups -OCH3 is 1. The lowest BCUT2D eigenvalue weighted by Crippen LogP contribution is -2.39. The van der Waals surface area contributed by atoms with E-state index in [1.165, 1.54) is 4.90 Å². The van der Waals surface area contributed by atoms with Crippen molar-refractivity contribution in [3.63, 3.8) is 0 Å². The van der Waals surface area contributed by atoms with E-state index in [9.17, 15) is 9.90 Å². The molecule has 2 rings (SSSR count). The zero-order chi connectivity index (χ0) is 18.2. The first-order chi connectivity index (χ1) is 12.1. The molecule has 0 saturated heterocycles. The first-order valence-electron chi connectivity index (χ1n) is 8.27. The van der Waals surface area contributed by atoms with E-state index in [1.54, 1.807) is 32.4 Å². The van der Waals surface area contributed by atoms with Crippen molar-refractivity contribution in [3.8, 4) is 5.75 Å². The van der Waals surface area contributed by atoms with Crippen molar-refractivity contribution in [1.29, 1.82) is 0 Å². The Hall–Kier alpha value is -2.37. The molecule has 25 heavy (non-hydrogen) atoms. The number of aliphatic hydroxyl groups excluding tert-OH is 1. The second-order valence-electron chi connectivity index (χ2n) is 5.85. The standard InChI is InChI=1S/C20H25NO4/c1-15(19(22)16-9-5-4-6-10-16)21(2)20(23)17-11-7-8-12-18(17)25-14-13-24-3/h4-12,15,19,22H,13-14H2,1-3H3. The van der Waals surface area contributed by atoms with Crippen LogP contribution in [0.25, 0.3) is 0 Å². The van der Waals surface area contributed by atoms with Crippen LogP contribution in [-0.2, 0) is 4.74 Å². The lowest BCUT2D eigenvalue weighted by atomic mass is 10.0. The molecule has 0 saturated carbocycles. The summed E-state index contributed by atoms with van der Waals surface area (Å²) in [5.74, 6) is 0.313. The molecule has 0 radical (unpaired) electrons. The Kier molecular flexibility index (Phi) is 6.98. The quantitative estimate of drug-likeness (QED) is 0.749. The zero-order valence-corrected chi connectivity index (χ0v) is 14.9. The van der Waals surface area contributed by atoms with Gasteiger partial charge in [0, 0.05) is 14.2 Å². The molecule has 1 N–H and O–H groups in total. The van der Waals surface area contributed by atoms with Gasteiger partial charge in [-0.2, -0.15) is 0 Å². The van der Waals surface area contributed by atoms with E-state index in [1.807, 2.05) is 43.3 Å². The minimum atomic E-state index is -0.767. The first-order valence-corrected chi connectivity index (χ1v) is 8.27. The molecule has 5 nitrogen and oxygen atoms in total. The molecule has 0 aliphatic heterocycles. The van der Waals surface area contributed by atoms with Crippen molar-refractivity contribution >= 4 is 5.91 Å². The molecule has 2 aromatic carbocycles. The maximum atomic E-state index is 12.9. The van der Waals surface area contributed by atoms with Crippen LogP contribution in [0, 0.1) is 0 Å². The van der Waals surface area contributed by atoms with E-state index in [4.69, 9.17) is 9.47 Å². The topological polar surface area (TPSA) is 59.0 Å². The van der Waals surface area contributed by atoms with Crippen molar-refractivity contribution in [1.82, 2.24) is 4.90 Å². The number of ether oxygens (including phenoxy) is 2. The number of nitrogens with zero attached hydrogens (tertiary/aromatic N) is 1. The van der Waals surface area contributed by atoms with E-state index >= 15 is 0 Å². The van der Waals surface area contributed by atoms with Crippen LogP contribution in [0.4, 0.5) is 0 Å². The summed E-state index contributed by atoms with van der Waals surface area (Å²) in [6.07, 6.45) is -0.767. The molecule has 0 spiro atoms. The molecule has 0 bridgehead atoms. The largest absolute Gasteiger partial charge is 0.490 e. The van der Waals surface area contributed by atoms with Gasteiger partial charge < -0.3 is 19.5 Å². The number of benzene rings is 2. The second-order valence-corrected chi connectivity index (χ2v) is 5.85. The Bertz CT molecular complexity index is 674. The fourth-order valence-electron chi connectivity index (χ4n) is 2.52. The van der Waals surface area contributed by atoms with Crippen molar-refractivity contribution in [2.24, 2.45) is 0 Å². The Balaban J connectivity index is 2.14. The van der Waals surface area contributed by atoms with Crippen molar-refractivity contribution in [2.45, 2.75) is 19.1 Å². The summed E-state index contributed by atoms with van der Waals surface area (Å²) in [4.78, 5) is 14.4. The van der Waals surface area contributed by atoms with Crippen LogP contribution < -0.4 is 4.74 Å². The highest BCUT2D eigenvalue weighted by atomic mass is 16.5. The molecule has 134 valence electrons. The number of amides is 1. The summed E-state index contributed by atoms with van der Waals surface area (Å²) >= 11 is 0. The summed E-state index contributed by atoms with van der Waals surface area (Å²) in [7, 11) is 3.28. The van der Waals surface area contributed by atoms with Crippen LogP contribution in [0.3, 0.4) is 0 Å². The molecule has 0 aliphatic rings. The molecule has 1 amide bonds. The molecule has 2 unspecified atom stereocenters. The third kappa shape index (κ3) is 4.81. The van der Waals surface area contributed by atoms with Gasteiger partial charge in [-0.25, -0.2) is 0 Å². The smallest absolute Gasteiger partial charge is 0.257 e. The predicted molar refractivity (Wildman–Crippen MR) is 96.8 cm³/mol. The summed E-state index contributed by atoms with van der Waals surface area (Å²) in [6, 6.07) is 16.0. The van der Waals surface area contributed by atoms with E-state index in [0.29, 0.717) is 24.5 Å². The lowest BCUT2D eigenvalue weighted by Gasteiger charge is -2.29. The molecule has 0 aromatic heterocycles. The van der Waals surface area contributed by atoms with Gasteiger partial charge in [-0.3, -0.25) is 4.79 Å². The Morgan fingerprint density at radius 3 is 2.40 bits per heavy atom. The number of para-hydroxylation sites is 1. The molecule has 2 aromatic rings. The normalized spacial score (nSPS) is 13.1. The Morgan fingerprint density at radius 2 is 1.72 bits per heavy atom. The average Bonchev–Trinajstić information content (AvgIpc) is 2.67. The van der Waals surface area contributed by atoms with Gasteiger partial charge in [0.15, 0.2) is 0 Å². The van der Waals surface area contributed by atoms with Gasteiger partial charge in [-0.15, -0.1) is 0 Å². The van der Waals surface area contributed by atoms with Gasteiger partial charge in [0.1, 0.15) is 12.4 Å². The van der Waals surface area contributed by atoms with Crippen LogP contribution in [0.15, 0.2) is 54.6 Å². The van der Waals surface area contributed by atoms with Gasteiger partial charge in [0.25, 0.3) is 5.91 Å². The maximum absolute atomic E-state index is 12.9. The fraction of sp³-hybridized carbons (Fsp3) is 0.350. The number of carbonyl (C=O) groups is 1. The maximum Gasteiger partial charge on any atom is 0.257 e. The Morgan fingerprint density at radius 1 is 1.08 bits per heavy atom. The number of rotatable bonds is 8. The zero-order valence-electron chi connectivity index (χ0n) is 14.9. The minimum Gasteiger partial charge on any atom is -0.490 e. The van der Waals surface area contributed by atoms with Gasteiger partial charge in [-0.1, -0.05) is 42.5 Å². The first kappa shape index (κ1) is 19.0. The second kappa shape index (κ2) is 9.20. The van der Waals surface area contributed by atoms with Crippen molar-refractivity contribution in [2.75, 3.05) is 27.4 Å². The molecular weight excluding hydrogens is 318 g/mol. The molecule has 0 fully saturated rings. The number of hydrogen-bond acceptors (Lipinski definition) is 4. The molecule has 0 heterocycles.